The Morgan fingerprint density at radius 1 is 1.56 bits per heavy atom. The summed E-state index contributed by atoms with van der Waals surface area (Å²) in [5.74, 6) is 0. The Balaban J connectivity index is 2.22. The molecule has 0 aliphatic carbocycles. The van der Waals surface area contributed by atoms with Crippen molar-refractivity contribution in [3.05, 3.63) is 0 Å². The summed E-state index contributed by atoms with van der Waals surface area (Å²) in [6.07, 6.45) is -2.75. The normalized spacial score (nSPS) is 22.9. The smallest absolute Gasteiger partial charge is 0.376 e. The summed E-state index contributed by atoms with van der Waals surface area (Å²) in [7, 11) is 0. The molecule has 0 bridgehead atoms. The summed E-state index contributed by atoms with van der Waals surface area (Å²) < 4.78 is 40.7. The van der Waals surface area contributed by atoms with E-state index in [2.05, 4.69) is 5.32 Å². The van der Waals surface area contributed by atoms with E-state index in [0.29, 0.717) is 6.61 Å². The summed E-state index contributed by atoms with van der Waals surface area (Å²) >= 11 is 0. The van der Waals surface area contributed by atoms with E-state index in [-0.39, 0.29) is 12.1 Å². The Kier molecular flexibility index (Phi) is 4.40. The molecule has 16 heavy (non-hydrogen) atoms. The second kappa shape index (κ2) is 5.38. The summed E-state index contributed by atoms with van der Waals surface area (Å²) in [5, 5.41) is 4.17. The molecule has 1 saturated heterocycles. The molecule has 2 unspecified atom stereocenters. The molecule has 7 heteroatoms. The first-order valence-corrected chi connectivity index (χ1v) is 5.11. The van der Waals surface area contributed by atoms with Crippen LogP contribution in [0.15, 0.2) is 0 Å². The van der Waals surface area contributed by atoms with E-state index < -0.39 is 18.8 Å². The molecule has 0 saturated carbocycles. The van der Waals surface area contributed by atoms with Crippen molar-refractivity contribution in [2.24, 2.45) is 0 Å². The molecule has 0 aromatic rings. The van der Waals surface area contributed by atoms with Gasteiger partial charge in [-0.05, 0) is 19.8 Å². The summed E-state index contributed by atoms with van der Waals surface area (Å²) in [4.78, 5) is 11.1. The number of nitrogens with one attached hydrogen (secondary N) is 2. The van der Waals surface area contributed by atoms with Gasteiger partial charge >= 0.3 is 12.2 Å². The Hall–Kier alpha value is -0.980. The largest absolute Gasteiger partial charge is 0.405 e. The summed E-state index contributed by atoms with van der Waals surface area (Å²) in [6.45, 7) is 1.03. The minimum atomic E-state index is -4.38. The van der Waals surface area contributed by atoms with E-state index in [1.165, 1.54) is 0 Å². The molecule has 94 valence electrons. The molecule has 0 aromatic carbocycles. The number of amides is 2. The fraction of sp³-hybridized carbons (Fsp3) is 0.889. The molecule has 2 N–H and O–H groups in total. The molecule has 1 rings (SSSR count). The maximum atomic E-state index is 11.8. The molecular weight excluding hydrogens is 225 g/mol. The number of urea groups is 1. The maximum absolute atomic E-state index is 11.8. The zero-order valence-corrected chi connectivity index (χ0v) is 8.93. The molecule has 0 radical (unpaired) electrons. The third kappa shape index (κ3) is 4.69. The van der Waals surface area contributed by atoms with Crippen molar-refractivity contribution in [3.8, 4) is 0 Å². The molecule has 1 heterocycles. The zero-order chi connectivity index (χ0) is 12.2. The fourth-order valence-electron chi connectivity index (χ4n) is 1.53. The van der Waals surface area contributed by atoms with Gasteiger partial charge in [-0.2, -0.15) is 13.2 Å². The fourth-order valence-corrected chi connectivity index (χ4v) is 1.53. The van der Waals surface area contributed by atoms with Crippen LogP contribution < -0.4 is 10.6 Å². The molecule has 2 atom stereocenters. The van der Waals surface area contributed by atoms with Gasteiger partial charge in [0.05, 0.1) is 12.1 Å². The second-order valence-corrected chi connectivity index (χ2v) is 3.78. The molecule has 0 aromatic heterocycles. The quantitative estimate of drug-likeness (QED) is 0.783. The predicted octanol–water partition coefficient (Wildman–Crippen LogP) is 1.42. The van der Waals surface area contributed by atoms with Crippen LogP contribution in [0.4, 0.5) is 18.0 Å². The Morgan fingerprint density at radius 2 is 2.25 bits per heavy atom. The Bertz CT molecular complexity index is 239. The first-order chi connectivity index (χ1) is 7.38. The molecular formula is C9H15F3N2O2. The number of rotatable bonds is 3. The molecule has 2 amide bonds. The lowest BCUT2D eigenvalue weighted by Gasteiger charge is -2.20. The maximum Gasteiger partial charge on any atom is 0.405 e. The van der Waals surface area contributed by atoms with Gasteiger partial charge in [0, 0.05) is 6.61 Å². The topological polar surface area (TPSA) is 50.4 Å². The highest BCUT2D eigenvalue weighted by Gasteiger charge is 2.29. The van der Waals surface area contributed by atoms with E-state index in [1.54, 1.807) is 12.2 Å². The standard InChI is InChI=1S/C9H15F3N2O2/c1-6(7-3-2-4-16-7)14-8(15)13-5-9(10,11)12/h6-7H,2-5H2,1H3,(H2,13,14,15). The second-order valence-electron chi connectivity index (χ2n) is 3.78. The van der Waals surface area contributed by atoms with E-state index in [4.69, 9.17) is 4.74 Å². The van der Waals surface area contributed by atoms with Crippen molar-refractivity contribution in [1.29, 1.82) is 0 Å². The highest BCUT2D eigenvalue weighted by Crippen LogP contribution is 2.15. The van der Waals surface area contributed by atoms with E-state index in [9.17, 15) is 18.0 Å². The highest BCUT2D eigenvalue weighted by molar-refractivity contribution is 5.74. The van der Waals surface area contributed by atoms with Gasteiger partial charge in [0.15, 0.2) is 0 Å². The van der Waals surface area contributed by atoms with E-state index >= 15 is 0 Å². The van der Waals surface area contributed by atoms with Crippen LogP contribution in [-0.4, -0.2) is 37.5 Å². The lowest BCUT2D eigenvalue weighted by atomic mass is 10.1. The monoisotopic (exact) mass is 240 g/mol. The average Bonchev–Trinajstić information content (AvgIpc) is 2.66. The number of hydrogen-bond acceptors (Lipinski definition) is 2. The SMILES string of the molecule is CC(NC(=O)NCC(F)(F)F)C1CCCO1. The van der Waals surface area contributed by atoms with Gasteiger partial charge in [-0.25, -0.2) is 4.79 Å². The van der Waals surface area contributed by atoms with Crippen LogP contribution >= 0.6 is 0 Å². The van der Waals surface area contributed by atoms with Gasteiger partial charge in [0.2, 0.25) is 0 Å². The Morgan fingerprint density at radius 3 is 2.75 bits per heavy atom. The third-order valence-electron chi connectivity index (χ3n) is 2.33. The van der Waals surface area contributed by atoms with Crippen molar-refractivity contribution in [2.45, 2.75) is 38.1 Å². The van der Waals surface area contributed by atoms with Crippen LogP contribution in [-0.2, 0) is 4.74 Å². The van der Waals surface area contributed by atoms with Crippen LogP contribution in [0.1, 0.15) is 19.8 Å². The molecule has 0 spiro atoms. The van der Waals surface area contributed by atoms with Crippen molar-refractivity contribution in [3.63, 3.8) is 0 Å². The summed E-state index contributed by atoms with van der Waals surface area (Å²) in [6, 6.07) is -1.10. The molecule has 4 nitrogen and oxygen atoms in total. The number of alkyl halides is 3. The highest BCUT2D eigenvalue weighted by atomic mass is 19.4. The molecule has 1 fully saturated rings. The van der Waals surface area contributed by atoms with Crippen LogP contribution in [0, 0.1) is 0 Å². The van der Waals surface area contributed by atoms with Crippen LogP contribution in [0.5, 0.6) is 0 Å². The zero-order valence-electron chi connectivity index (χ0n) is 8.93. The minimum Gasteiger partial charge on any atom is -0.376 e. The molecule has 1 aliphatic rings. The lowest BCUT2D eigenvalue weighted by Crippen LogP contribution is -2.48. The number of hydrogen-bond donors (Lipinski definition) is 2. The van der Waals surface area contributed by atoms with Gasteiger partial charge < -0.3 is 15.4 Å². The number of halogens is 3. The average molecular weight is 240 g/mol. The van der Waals surface area contributed by atoms with Crippen molar-refractivity contribution in [1.82, 2.24) is 10.6 Å². The van der Waals surface area contributed by atoms with Crippen LogP contribution in [0.2, 0.25) is 0 Å². The van der Waals surface area contributed by atoms with Crippen molar-refractivity contribution in [2.75, 3.05) is 13.2 Å². The number of carbonyl (C=O) groups is 1. The van der Waals surface area contributed by atoms with Gasteiger partial charge in [-0.15, -0.1) is 0 Å². The van der Waals surface area contributed by atoms with Crippen LogP contribution in [0.25, 0.3) is 0 Å². The van der Waals surface area contributed by atoms with Crippen molar-refractivity contribution >= 4 is 6.03 Å². The first kappa shape index (κ1) is 13.1. The first-order valence-electron chi connectivity index (χ1n) is 5.11. The van der Waals surface area contributed by atoms with Crippen molar-refractivity contribution < 1.29 is 22.7 Å². The van der Waals surface area contributed by atoms with E-state index in [0.717, 1.165) is 12.8 Å². The lowest BCUT2D eigenvalue weighted by molar-refractivity contribution is -0.122. The van der Waals surface area contributed by atoms with Crippen LogP contribution in [0.3, 0.4) is 0 Å². The van der Waals surface area contributed by atoms with E-state index in [1.807, 2.05) is 0 Å². The Labute approximate surface area is 91.5 Å². The number of carbonyl (C=O) groups excluding carboxylic acids is 1. The summed E-state index contributed by atoms with van der Waals surface area (Å²) in [5.41, 5.74) is 0. The van der Waals surface area contributed by atoms with Gasteiger partial charge in [-0.3, -0.25) is 0 Å². The van der Waals surface area contributed by atoms with Gasteiger partial charge in [0.25, 0.3) is 0 Å². The molecule has 1 aliphatic heterocycles. The van der Waals surface area contributed by atoms with Gasteiger partial charge in [-0.1, -0.05) is 0 Å². The van der Waals surface area contributed by atoms with Gasteiger partial charge in [0.1, 0.15) is 6.54 Å². The predicted molar refractivity (Wildman–Crippen MR) is 51.0 cm³/mol. The minimum absolute atomic E-state index is 0.100. The number of ether oxygens (including phenoxy) is 1. The third-order valence-corrected chi connectivity index (χ3v) is 2.33.